The number of carbonyl (C=O) groups excluding carboxylic acids is 1. The number of methoxy groups -OCH3 is 1. The number of amides is 2. The molecule has 1 N–H and O–H groups in total. The highest BCUT2D eigenvalue weighted by atomic mass is 16.5. The van der Waals surface area contributed by atoms with E-state index < -0.39 is 12.0 Å². The summed E-state index contributed by atoms with van der Waals surface area (Å²) >= 11 is 0. The third-order valence-corrected chi connectivity index (χ3v) is 4.59. The summed E-state index contributed by atoms with van der Waals surface area (Å²) in [7, 11) is 1.56. The molecule has 0 aromatic heterocycles. The van der Waals surface area contributed by atoms with Crippen LogP contribution in [0.4, 0.5) is 4.79 Å². The van der Waals surface area contributed by atoms with Crippen LogP contribution >= 0.6 is 0 Å². The van der Waals surface area contributed by atoms with Gasteiger partial charge in [0.15, 0.2) is 0 Å². The van der Waals surface area contributed by atoms with Crippen molar-refractivity contribution in [1.82, 2.24) is 9.80 Å². The van der Waals surface area contributed by atoms with Crippen molar-refractivity contribution in [2.75, 3.05) is 26.7 Å². The van der Waals surface area contributed by atoms with Gasteiger partial charge in [0.25, 0.3) is 0 Å². The predicted molar refractivity (Wildman–Crippen MR) is 73.5 cm³/mol. The molecule has 2 rings (SSSR count). The number of likely N-dealkylation sites (tertiary alicyclic amines) is 2. The molecule has 2 unspecified atom stereocenters. The molecule has 2 heterocycles. The smallest absolute Gasteiger partial charge is 0.326 e. The number of ether oxygens (including phenoxy) is 1. The number of rotatable bonds is 3. The number of urea groups is 1. The lowest BCUT2D eigenvalue weighted by Gasteiger charge is -2.35. The van der Waals surface area contributed by atoms with Gasteiger partial charge in [-0.25, -0.2) is 9.59 Å². The van der Waals surface area contributed by atoms with E-state index in [1.54, 1.807) is 12.0 Å². The average Bonchev–Trinajstić information content (AvgIpc) is 2.91. The third kappa shape index (κ3) is 3.06. The van der Waals surface area contributed by atoms with Gasteiger partial charge in [0, 0.05) is 33.2 Å². The third-order valence-electron chi connectivity index (χ3n) is 4.59. The molecule has 0 aromatic carbocycles. The molecule has 0 radical (unpaired) electrons. The normalized spacial score (nSPS) is 27.9. The van der Waals surface area contributed by atoms with Crippen LogP contribution < -0.4 is 0 Å². The number of carbonyl (C=O) groups is 2. The SMILES string of the molecule is CCC1CCN(C(=O)N2CC(OC)CC2C(=O)O)CC1. The minimum atomic E-state index is -0.943. The van der Waals surface area contributed by atoms with E-state index in [0.29, 0.717) is 18.9 Å². The topological polar surface area (TPSA) is 70.1 Å². The Labute approximate surface area is 119 Å². The first-order valence-electron chi connectivity index (χ1n) is 7.38. The molecule has 2 aliphatic heterocycles. The van der Waals surface area contributed by atoms with Gasteiger partial charge in [0.1, 0.15) is 6.04 Å². The maximum Gasteiger partial charge on any atom is 0.326 e. The fourth-order valence-corrected chi connectivity index (χ4v) is 3.13. The number of carboxylic acids is 1. The zero-order chi connectivity index (χ0) is 14.7. The predicted octanol–water partition coefficient (Wildman–Crippen LogP) is 1.40. The van der Waals surface area contributed by atoms with Gasteiger partial charge in [-0.15, -0.1) is 0 Å². The second-order valence-electron chi connectivity index (χ2n) is 5.72. The zero-order valence-electron chi connectivity index (χ0n) is 12.2. The molecule has 0 aromatic rings. The van der Waals surface area contributed by atoms with Crippen molar-refractivity contribution >= 4 is 12.0 Å². The Hall–Kier alpha value is -1.30. The summed E-state index contributed by atoms with van der Waals surface area (Å²) in [5, 5.41) is 9.26. The second kappa shape index (κ2) is 6.43. The van der Waals surface area contributed by atoms with E-state index >= 15 is 0 Å². The quantitative estimate of drug-likeness (QED) is 0.850. The number of piperidine rings is 1. The van der Waals surface area contributed by atoms with Crippen molar-refractivity contribution in [3.63, 3.8) is 0 Å². The van der Waals surface area contributed by atoms with Crippen LogP contribution in [0.5, 0.6) is 0 Å². The molecule has 2 fully saturated rings. The molecule has 114 valence electrons. The summed E-state index contributed by atoms with van der Waals surface area (Å²) < 4.78 is 5.22. The van der Waals surface area contributed by atoms with Crippen molar-refractivity contribution in [2.24, 2.45) is 5.92 Å². The van der Waals surface area contributed by atoms with Gasteiger partial charge in [-0.3, -0.25) is 0 Å². The molecule has 6 heteroatoms. The van der Waals surface area contributed by atoms with Gasteiger partial charge in [-0.2, -0.15) is 0 Å². The summed E-state index contributed by atoms with van der Waals surface area (Å²) in [4.78, 5) is 27.0. The summed E-state index contributed by atoms with van der Waals surface area (Å²) in [5.74, 6) is -0.249. The van der Waals surface area contributed by atoms with E-state index in [2.05, 4.69) is 6.92 Å². The number of aliphatic carboxylic acids is 1. The van der Waals surface area contributed by atoms with Gasteiger partial charge in [-0.1, -0.05) is 13.3 Å². The Morgan fingerprint density at radius 1 is 1.30 bits per heavy atom. The molecule has 2 aliphatic rings. The van der Waals surface area contributed by atoms with E-state index in [1.807, 2.05) is 0 Å². The Bertz CT molecular complexity index is 366. The van der Waals surface area contributed by atoms with Gasteiger partial charge in [-0.05, 0) is 18.8 Å². The molecular formula is C14H24N2O4. The van der Waals surface area contributed by atoms with Crippen LogP contribution in [0.15, 0.2) is 0 Å². The van der Waals surface area contributed by atoms with Crippen LogP contribution in [0.25, 0.3) is 0 Å². The van der Waals surface area contributed by atoms with E-state index in [9.17, 15) is 14.7 Å². The minimum absolute atomic E-state index is 0.147. The molecule has 0 saturated carbocycles. The number of hydrogen-bond acceptors (Lipinski definition) is 3. The van der Waals surface area contributed by atoms with E-state index in [0.717, 1.165) is 32.4 Å². The molecule has 2 atom stereocenters. The Morgan fingerprint density at radius 2 is 1.95 bits per heavy atom. The van der Waals surface area contributed by atoms with Crippen LogP contribution in [-0.2, 0) is 9.53 Å². The molecule has 0 aliphatic carbocycles. The Kier molecular flexibility index (Phi) is 4.86. The molecule has 0 bridgehead atoms. The van der Waals surface area contributed by atoms with E-state index in [4.69, 9.17) is 4.74 Å². The average molecular weight is 284 g/mol. The van der Waals surface area contributed by atoms with Crippen molar-refractivity contribution in [1.29, 1.82) is 0 Å². The Morgan fingerprint density at radius 3 is 2.45 bits per heavy atom. The van der Waals surface area contributed by atoms with E-state index in [1.165, 1.54) is 4.90 Å². The monoisotopic (exact) mass is 284 g/mol. The molecular weight excluding hydrogens is 260 g/mol. The van der Waals surface area contributed by atoms with Gasteiger partial charge < -0.3 is 19.6 Å². The zero-order valence-corrected chi connectivity index (χ0v) is 12.2. The number of carboxylic acid groups (broad SMARTS) is 1. The number of hydrogen-bond donors (Lipinski definition) is 1. The first-order valence-corrected chi connectivity index (χ1v) is 7.38. The first-order chi connectivity index (χ1) is 9.56. The van der Waals surface area contributed by atoms with Crippen LogP contribution in [0.2, 0.25) is 0 Å². The van der Waals surface area contributed by atoms with Crippen molar-refractivity contribution < 1.29 is 19.4 Å². The van der Waals surface area contributed by atoms with Crippen molar-refractivity contribution in [3.8, 4) is 0 Å². The summed E-state index contributed by atoms with van der Waals surface area (Å²) in [6, 6.07) is -0.900. The second-order valence-corrected chi connectivity index (χ2v) is 5.72. The van der Waals surface area contributed by atoms with Crippen molar-refractivity contribution in [2.45, 2.75) is 44.8 Å². The molecule has 2 amide bonds. The number of nitrogens with zero attached hydrogens (tertiary/aromatic N) is 2. The maximum atomic E-state index is 12.5. The van der Waals surface area contributed by atoms with E-state index in [-0.39, 0.29) is 12.1 Å². The van der Waals surface area contributed by atoms with Gasteiger partial charge >= 0.3 is 12.0 Å². The summed E-state index contributed by atoms with van der Waals surface area (Å²) in [6.45, 7) is 4.02. The van der Waals surface area contributed by atoms with Gasteiger partial charge in [0.2, 0.25) is 0 Å². The van der Waals surface area contributed by atoms with Crippen molar-refractivity contribution in [3.05, 3.63) is 0 Å². The van der Waals surface area contributed by atoms with Crippen LogP contribution in [0.1, 0.15) is 32.6 Å². The van der Waals surface area contributed by atoms with Crippen LogP contribution in [0, 0.1) is 5.92 Å². The highest BCUT2D eigenvalue weighted by Gasteiger charge is 2.41. The molecule has 6 nitrogen and oxygen atoms in total. The van der Waals surface area contributed by atoms with Gasteiger partial charge in [0.05, 0.1) is 6.10 Å². The molecule has 0 spiro atoms. The summed E-state index contributed by atoms with van der Waals surface area (Å²) in [5.41, 5.74) is 0. The highest BCUT2D eigenvalue weighted by molar-refractivity contribution is 5.83. The fourth-order valence-electron chi connectivity index (χ4n) is 3.13. The van der Waals surface area contributed by atoms with Crippen LogP contribution in [0.3, 0.4) is 0 Å². The lowest BCUT2D eigenvalue weighted by molar-refractivity contribution is -0.141. The standard InChI is InChI=1S/C14H24N2O4/c1-3-10-4-6-15(7-5-10)14(19)16-9-11(20-2)8-12(16)13(17)18/h10-12H,3-9H2,1-2H3,(H,17,18). The lowest BCUT2D eigenvalue weighted by atomic mass is 9.95. The Balaban J connectivity index is 1.99. The fraction of sp³-hybridized carbons (Fsp3) is 0.857. The molecule has 20 heavy (non-hydrogen) atoms. The minimum Gasteiger partial charge on any atom is -0.480 e. The largest absolute Gasteiger partial charge is 0.480 e. The van der Waals surface area contributed by atoms with Crippen LogP contribution in [-0.4, -0.2) is 65.8 Å². The highest BCUT2D eigenvalue weighted by Crippen LogP contribution is 2.25. The summed E-state index contributed by atoms with van der Waals surface area (Å²) in [6.07, 6.45) is 3.38. The lowest BCUT2D eigenvalue weighted by Crippen LogP contribution is -2.50. The first kappa shape index (κ1) is 15.1. The molecule has 2 saturated heterocycles. The maximum absolute atomic E-state index is 12.5.